The first-order chi connectivity index (χ1) is 1.00. The molecule has 0 bridgehead atoms. The van der Waals surface area contributed by atoms with Crippen molar-refractivity contribution in [1.29, 1.82) is 0 Å². The molecule has 23 valence electrons. The molecule has 0 saturated carbocycles. The average molecular weight is 195 g/mol. The molecule has 0 aromatic carbocycles. The van der Waals surface area contributed by atoms with Crippen molar-refractivity contribution in [2.45, 2.75) is 0 Å². The minimum atomic E-state index is 0. The summed E-state index contributed by atoms with van der Waals surface area (Å²) < 4.78 is 8.06. The molecule has 0 fully saturated rings. The average Bonchev–Trinajstić information content (AvgIpc) is 1.00. The summed E-state index contributed by atoms with van der Waals surface area (Å²) >= 11 is 0. The van der Waals surface area contributed by atoms with Gasteiger partial charge < -0.3 is 0 Å². The number of hydrogen-bond donors (Lipinski definition) is 0. The van der Waals surface area contributed by atoms with E-state index in [0.29, 0.717) is 0 Å². The molecule has 0 aromatic rings. The van der Waals surface area contributed by atoms with Gasteiger partial charge in [0.1, 0.15) is 9.12 Å². The van der Waals surface area contributed by atoms with Crippen molar-refractivity contribution < 1.29 is 44.2 Å². The smallest absolute Gasteiger partial charge is 0.138 e. The standard InChI is InChI=1S/Mo.HOP.V/c;1-2;/h;2H;. The molecule has 0 N–H and O–H groups in total. The van der Waals surface area contributed by atoms with Crippen LogP contribution in [0.1, 0.15) is 0 Å². The third-order valence-electron chi connectivity index (χ3n) is 0. The second-order valence-corrected chi connectivity index (χ2v) is 0. The van der Waals surface area contributed by atoms with E-state index >= 15 is 0 Å². The van der Waals surface area contributed by atoms with E-state index in [0.717, 1.165) is 0 Å². The Kier molecular flexibility index (Phi) is 120. The molecule has 0 rings (SSSR count). The van der Waals surface area contributed by atoms with Crippen LogP contribution in [-0.4, -0.2) is 0 Å². The molecule has 4 heavy (non-hydrogen) atoms. The van der Waals surface area contributed by atoms with E-state index in [1.54, 1.807) is 9.12 Å². The van der Waals surface area contributed by atoms with E-state index in [1.807, 2.05) is 0 Å². The fourth-order valence-corrected chi connectivity index (χ4v) is 0. The first-order valence-electron chi connectivity index (χ1n) is 0.204. The Morgan fingerprint density at radius 2 is 1.25 bits per heavy atom. The summed E-state index contributed by atoms with van der Waals surface area (Å²) in [5.74, 6) is 0. The molecule has 0 heterocycles. The maximum absolute atomic E-state index is 8.06. The molecule has 0 spiro atoms. The predicted molar refractivity (Wildman–Crippen MR) is 9.00 cm³/mol. The van der Waals surface area contributed by atoms with Crippen LogP contribution in [-0.2, 0) is 44.2 Å². The van der Waals surface area contributed by atoms with Gasteiger partial charge in [0.25, 0.3) is 0 Å². The zero-order chi connectivity index (χ0) is 2.00. The second-order valence-electron chi connectivity index (χ2n) is 0. The van der Waals surface area contributed by atoms with E-state index in [4.69, 9.17) is 4.57 Å². The van der Waals surface area contributed by atoms with Gasteiger partial charge in [-0.15, -0.1) is 0 Å². The van der Waals surface area contributed by atoms with Gasteiger partial charge in [-0.3, -0.25) is 4.57 Å². The largest absolute Gasteiger partial charge is 0.279 e. The summed E-state index contributed by atoms with van der Waals surface area (Å²) in [6, 6.07) is 0. The van der Waals surface area contributed by atoms with Gasteiger partial charge in [0, 0.05) is 39.6 Å². The van der Waals surface area contributed by atoms with Crippen LogP contribution in [0.15, 0.2) is 0 Å². The van der Waals surface area contributed by atoms with Crippen LogP contribution >= 0.6 is 9.12 Å². The fraction of sp³-hybridized carbons (Fsp3) is 0. The van der Waals surface area contributed by atoms with E-state index in [2.05, 4.69) is 0 Å². The minimum Gasteiger partial charge on any atom is -0.279 e. The van der Waals surface area contributed by atoms with Gasteiger partial charge >= 0.3 is 0 Å². The van der Waals surface area contributed by atoms with Crippen LogP contribution < -0.4 is 0 Å². The van der Waals surface area contributed by atoms with Gasteiger partial charge in [0.2, 0.25) is 0 Å². The molecular weight excluding hydrogens is 194 g/mol. The Hall–Kier alpha value is 1.37. The first kappa shape index (κ1) is 18.2. The quantitative estimate of drug-likeness (QED) is 0.405. The molecule has 1 nitrogen and oxygen atoms in total. The van der Waals surface area contributed by atoms with Crippen molar-refractivity contribution in [3.8, 4) is 0 Å². The van der Waals surface area contributed by atoms with Crippen LogP contribution in [0, 0.1) is 0 Å². The van der Waals surface area contributed by atoms with Crippen LogP contribution in [0.4, 0.5) is 0 Å². The van der Waals surface area contributed by atoms with Crippen LogP contribution in [0.3, 0.4) is 0 Å². The number of hydrogen-bond acceptors (Lipinski definition) is 1. The van der Waals surface area contributed by atoms with Gasteiger partial charge in [0.15, 0.2) is 0 Å². The number of rotatable bonds is 0. The van der Waals surface area contributed by atoms with Crippen LogP contribution in [0.5, 0.6) is 0 Å². The summed E-state index contributed by atoms with van der Waals surface area (Å²) in [6.07, 6.45) is 0. The van der Waals surface area contributed by atoms with Crippen molar-refractivity contribution in [1.82, 2.24) is 0 Å². The zero-order valence-electron chi connectivity index (χ0n) is 1.76. The Morgan fingerprint density at radius 3 is 1.25 bits per heavy atom. The molecule has 0 aliphatic rings. The Balaban J connectivity index is -0.00000000500. The van der Waals surface area contributed by atoms with Crippen molar-refractivity contribution in [2.24, 2.45) is 0 Å². The molecule has 1 radical (unpaired) electrons. The SMILES string of the molecule is O=P.[Mo].[V]. The van der Waals surface area contributed by atoms with Crippen LogP contribution in [0.25, 0.3) is 0 Å². The molecular formula is HMoOPV. The zero-order valence-corrected chi connectivity index (χ0v) is 6.17. The fourth-order valence-electron chi connectivity index (χ4n) is 0. The Labute approximate surface area is 53.3 Å². The molecule has 0 aliphatic carbocycles. The predicted octanol–water partition coefficient (Wildman–Crippen LogP) is 0.470. The van der Waals surface area contributed by atoms with Crippen molar-refractivity contribution in [3.05, 3.63) is 0 Å². The summed E-state index contributed by atoms with van der Waals surface area (Å²) in [4.78, 5) is 0. The maximum atomic E-state index is 8.06. The third-order valence-corrected chi connectivity index (χ3v) is 0. The second kappa shape index (κ2) is 26.4. The van der Waals surface area contributed by atoms with Gasteiger partial charge in [-0.1, -0.05) is 0 Å². The monoisotopic (exact) mass is 197 g/mol. The molecule has 0 saturated heterocycles. The van der Waals surface area contributed by atoms with Crippen LogP contribution in [0.2, 0.25) is 0 Å². The topological polar surface area (TPSA) is 17.1 Å². The molecule has 0 aliphatic heterocycles. The van der Waals surface area contributed by atoms with Gasteiger partial charge in [-0.2, -0.15) is 0 Å². The third kappa shape index (κ3) is 10.1. The van der Waals surface area contributed by atoms with Crippen molar-refractivity contribution >= 4 is 9.12 Å². The van der Waals surface area contributed by atoms with E-state index in [9.17, 15) is 0 Å². The molecule has 0 unspecified atom stereocenters. The molecule has 0 amide bonds. The first-order valence-corrected chi connectivity index (χ1v) is 0.612. The molecule has 0 atom stereocenters. The summed E-state index contributed by atoms with van der Waals surface area (Å²) in [6.45, 7) is 0. The van der Waals surface area contributed by atoms with Crippen molar-refractivity contribution in [3.63, 3.8) is 0 Å². The maximum Gasteiger partial charge on any atom is 0.138 e. The summed E-state index contributed by atoms with van der Waals surface area (Å²) in [7, 11) is 1.72. The van der Waals surface area contributed by atoms with Gasteiger partial charge in [-0.25, -0.2) is 0 Å². The summed E-state index contributed by atoms with van der Waals surface area (Å²) in [5, 5.41) is 0. The Morgan fingerprint density at radius 1 is 1.25 bits per heavy atom. The van der Waals surface area contributed by atoms with Crippen molar-refractivity contribution in [2.75, 3.05) is 0 Å². The van der Waals surface area contributed by atoms with E-state index in [1.165, 1.54) is 0 Å². The molecule has 4 heteroatoms. The minimum absolute atomic E-state index is 0. The molecule has 0 aromatic heterocycles. The van der Waals surface area contributed by atoms with E-state index < -0.39 is 0 Å². The van der Waals surface area contributed by atoms with E-state index in [-0.39, 0.29) is 39.6 Å². The normalized spacial score (nSPS) is 1.00. The van der Waals surface area contributed by atoms with Gasteiger partial charge in [0.05, 0.1) is 0 Å². The Bertz CT molecular complexity index is 8.00. The van der Waals surface area contributed by atoms with Gasteiger partial charge in [-0.05, 0) is 0 Å². The summed E-state index contributed by atoms with van der Waals surface area (Å²) in [5.41, 5.74) is 0.